The summed E-state index contributed by atoms with van der Waals surface area (Å²) in [6.07, 6.45) is 2.05. The van der Waals surface area contributed by atoms with Gasteiger partial charge in [-0.2, -0.15) is 0 Å². The van der Waals surface area contributed by atoms with Gasteiger partial charge in [-0.05, 0) is 17.7 Å². The van der Waals surface area contributed by atoms with E-state index in [0.717, 1.165) is 11.1 Å². The van der Waals surface area contributed by atoms with Crippen molar-refractivity contribution in [1.29, 1.82) is 0 Å². The number of fused-ring (bicyclic) bond motifs is 1. The van der Waals surface area contributed by atoms with Gasteiger partial charge in [-0.1, -0.05) is 23.7 Å². The summed E-state index contributed by atoms with van der Waals surface area (Å²) in [6, 6.07) is 7.27. The molecule has 0 amide bonds. The third-order valence-electron chi connectivity index (χ3n) is 3.42. The second-order valence-corrected chi connectivity index (χ2v) is 5.40. The molecule has 0 radical (unpaired) electrons. The summed E-state index contributed by atoms with van der Waals surface area (Å²) in [4.78, 5) is 8.22. The van der Waals surface area contributed by atoms with Crippen LogP contribution in [0, 0.1) is 0 Å². The molecule has 2 heterocycles. The molecular formula is C15H14ClFN4O. The van der Waals surface area contributed by atoms with Gasteiger partial charge in [-0.25, -0.2) is 14.4 Å². The number of rotatable bonds is 4. The van der Waals surface area contributed by atoms with Crippen molar-refractivity contribution >= 4 is 28.5 Å². The van der Waals surface area contributed by atoms with Gasteiger partial charge in [0.1, 0.15) is 30.6 Å². The van der Waals surface area contributed by atoms with E-state index in [9.17, 15) is 9.50 Å². The van der Waals surface area contributed by atoms with E-state index >= 15 is 0 Å². The van der Waals surface area contributed by atoms with Gasteiger partial charge in [0.25, 0.3) is 0 Å². The molecule has 3 aromatic rings. The van der Waals surface area contributed by atoms with E-state index in [1.54, 1.807) is 22.9 Å². The average molecular weight is 321 g/mol. The zero-order valence-electron chi connectivity index (χ0n) is 11.6. The Morgan fingerprint density at radius 3 is 2.68 bits per heavy atom. The monoisotopic (exact) mass is 320 g/mol. The van der Waals surface area contributed by atoms with E-state index in [-0.39, 0.29) is 6.54 Å². The number of aliphatic hydroxyl groups excluding tert-OH is 1. The minimum Gasteiger partial charge on any atom is -0.389 e. The molecule has 2 aromatic heterocycles. The summed E-state index contributed by atoms with van der Waals surface area (Å²) in [6.45, 7) is -0.729. The lowest BCUT2D eigenvalue weighted by molar-refractivity contribution is 0.123. The van der Waals surface area contributed by atoms with Crippen molar-refractivity contribution < 1.29 is 9.50 Å². The zero-order chi connectivity index (χ0) is 15.7. The fourth-order valence-electron chi connectivity index (χ4n) is 2.41. The highest BCUT2D eigenvalue weighted by Gasteiger charge is 2.16. The fourth-order valence-corrected chi connectivity index (χ4v) is 2.54. The van der Waals surface area contributed by atoms with Crippen molar-refractivity contribution in [2.45, 2.75) is 12.6 Å². The van der Waals surface area contributed by atoms with Crippen LogP contribution in [0.3, 0.4) is 0 Å². The highest BCUT2D eigenvalue weighted by atomic mass is 35.5. The summed E-state index contributed by atoms with van der Waals surface area (Å²) < 4.78 is 14.3. The van der Waals surface area contributed by atoms with Gasteiger partial charge in [-0.15, -0.1) is 0 Å². The van der Waals surface area contributed by atoms with E-state index in [4.69, 9.17) is 17.3 Å². The maximum Gasteiger partial charge on any atom is 0.146 e. The molecule has 1 aromatic carbocycles. The van der Waals surface area contributed by atoms with E-state index in [2.05, 4.69) is 9.97 Å². The molecule has 1 atom stereocenters. The number of nitrogens with two attached hydrogens (primary N) is 1. The Hall–Kier alpha value is -2.18. The van der Waals surface area contributed by atoms with Crippen LogP contribution < -0.4 is 5.73 Å². The zero-order valence-corrected chi connectivity index (χ0v) is 12.3. The van der Waals surface area contributed by atoms with Crippen LogP contribution in [0.15, 0.2) is 36.8 Å². The fraction of sp³-hybridized carbons (Fsp3) is 0.200. The van der Waals surface area contributed by atoms with Crippen molar-refractivity contribution in [3.63, 3.8) is 0 Å². The number of benzene rings is 1. The van der Waals surface area contributed by atoms with Crippen molar-refractivity contribution in [3.8, 4) is 11.1 Å². The molecule has 22 heavy (non-hydrogen) atoms. The lowest BCUT2D eigenvalue weighted by Crippen LogP contribution is -2.17. The predicted molar refractivity (Wildman–Crippen MR) is 84.4 cm³/mol. The van der Waals surface area contributed by atoms with Crippen LogP contribution in [0.1, 0.15) is 0 Å². The topological polar surface area (TPSA) is 77.0 Å². The maximum absolute atomic E-state index is 12.6. The average Bonchev–Trinajstić information content (AvgIpc) is 2.88. The summed E-state index contributed by atoms with van der Waals surface area (Å²) >= 11 is 5.91. The van der Waals surface area contributed by atoms with Gasteiger partial charge in [0, 0.05) is 16.8 Å². The van der Waals surface area contributed by atoms with Crippen LogP contribution in [-0.2, 0) is 6.54 Å². The second kappa shape index (κ2) is 5.90. The van der Waals surface area contributed by atoms with Crippen molar-refractivity contribution in [3.05, 3.63) is 41.8 Å². The smallest absolute Gasteiger partial charge is 0.146 e. The molecule has 0 spiro atoms. The number of nitrogen functional groups attached to an aromatic ring is 1. The number of alkyl halides is 1. The molecule has 0 aliphatic carbocycles. The molecule has 5 nitrogen and oxygen atoms in total. The standard InChI is InChI=1S/C15H14ClFN4O/c16-10-3-1-9(2-4-10)12-7-21(6-11(22)5-17)15-13(12)14(18)19-8-20-15/h1-4,7-8,11,22H,5-6H2,(H2,18,19,20). The van der Waals surface area contributed by atoms with Gasteiger partial charge >= 0.3 is 0 Å². The van der Waals surface area contributed by atoms with Crippen molar-refractivity contribution in [2.75, 3.05) is 12.4 Å². The second-order valence-electron chi connectivity index (χ2n) is 4.97. The third-order valence-corrected chi connectivity index (χ3v) is 3.68. The number of halogens is 2. The van der Waals surface area contributed by atoms with Crippen LogP contribution in [0.4, 0.5) is 10.2 Å². The van der Waals surface area contributed by atoms with Crippen molar-refractivity contribution in [2.24, 2.45) is 0 Å². The molecule has 0 bridgehead atoms. The molecule has 0 fully saturated rings. The number of anilines is 1. The molecule has 114 valence electrons. The minimum atomic E-state index is -1.09. The third kappa shape index (κ3) is 2.63. The van der Waals surface area contributed by atoms with Crippen LogP contribution in [0.25, 0.3) is 22.2 Å². The number of hydrogen-bond acceptors (Lipinski definition) is 4. The molecule has 1 unspecified atom stereocenters. The molecule has 7 heteroatoms. The summed E-state index contributed by atoms with van der Waals surface area (Å²) in [5.74, 6) is 0.337. The Labute approximate surface area is 131 Å². The number of hydrogen-bond donors (Lipinski definition) is 2. The highest BCUT2D eigenvalue weighted by Crippen LogP contribution is 2.33. The molecule has 0 saturated heterocycles. The van der Waals surface area contributed by atoms with E-state index < -0.39 is 12.8 Å². The Kier molecular flexibility index (Phi) is 3.96. The summed E-state index contributed by atoms with van der Waals surface area (Å²) in [5.41, 5.74) is 8.24. The van der Waals surface area contributed by atoms with Gasteiger partial charge in [0.05, 0.1) is 11.9 Å². The summed E-state index contributed by atoms with van der Waals surface area (Å²) in [7, 11) is 0. The molecule has 0 aliphatic heterocycles. The van der Waals surface area contributed by atoms with Gasteiger partial charge < -0.3 is 15.4 Å². The normalized spacial score (nSPS) is 12.7. The molecule has 0 saturated carbocycles. The number of nitrogens with zero attached hydrogens (tertiary/aromatic N) is 3. The van der Waals surface area contributed by atoms with E-state index in [1.165, 1.54) is 6.33 Å². The van der Waals surface area contributed by atoms with E-state index in [1.807, 2.05) is 12.1 Å². The lowest BCUT2D eigenvalue weighted by Gasteiger charge is -2.07. The Morgan fingerprint density at radius 2 is 2.00 bits per heavy atom. The predicted octanol–water partition coefficient (Wildman–Crippen LogP) is 2.66. The van der Waals surface area contributed by atoms with Crippen LogP contribution in [0.5, 0.6) is 0 Å². The van der Waals surface area contributed by atoms with Gasteiger partial charge in [-0.3, -0.25) is 0 Å². The lowest BCUT2D eigenvalue weighted by atomic mass is 10.1. The minimum absolute atomic E-state index is 0.0943. The number of aliphatic hydroxyl groups is 1. The molecule has 0 aliphatic rings. The SMILES string of the molecule is Nc1ncnc2c1c(-c1ccc(Cl)cc1)cn2CC(O)CF. The molecular weight excluding hydrogens is 307 g/mol. The van der Waals surface area contributed by atoms with Crippen LogP contribution >= 0.6 is 11.6 Å². The molecule has 3 rings (SSSR count). The van der Waals surface area contributed by atoms with Gasteiger partial charge in [0.15, 0.2) is 0 Å². The highest BCUT2D eigenvalue weighted by molar-refractivity contribution is 6.30. The summed E-state index contributed by atoms with van der Waals surface area (Å²) in [5, 5.41) is 10.9. The largest absolute Gasteiger partial charge is 0.389 e. The first-order valence-electron chi connectivity index (χ1n) is 6.69. The first kappa shape index (κ1) is 14.7. The number of aromatic nitrogens is 3. The van der Waals surface area contributed by atoms with Crippen LogP contribution in [-0.4, -0.2) is 32.4 Å². The quantitative estimate of drug-likeness (QED) is 0.775. The van der Waals surface area contributed by atoms with Gasteiger partial charge in [0.2, 0.25) is 0 Å². The Balaban J connectivity index is 2.19. The van der Waals surface area contributed by atoms with Crippen molar-refractivity contribution in [1.82, 2.24) is 14.5 Å². The Morgan fingerprint density at radius 1 is 1.27 bits per heavy atom. The maximum atomic E-state index is 12.6. The Bertz CT molecular complexity index is 803. The molecule has 3 N–H and O–H groups in total. The van der Waals surface area contributed by atoms with Crippen LogP contribution in [0.2, 0.25) is 5.02 Å². The first-order chi connectivity index (χ1) is 10.6. The van der Waals surface area contributed by atoms with E-state index in [0.29, 0.717) is 21.9 Å². The first-order valence-corrected chi connectivity index (χ1v) is 7.07.